The van der Waals surface area contributed by atoms with Crippen molar-refractivity contribution in [3.05, 3.63) is 172 Å². The molecule has 0 bridgehead atoms. The predicted molar refractivity (Wildman–Crippen MR) is 363 cm³/mol. The summed E-state index contributed by atoms with van der Waals surface area (Å²) in [5.74, 6) is 2.11. The molecule has 4 N–H and O–H groups in total. The van der Waals surface area contributed by atoms with Crippen LogP contribution >= 0.6 is 46.4 Å². The summed E-state index contributed by atoms with van der Waals surface area (Å²) in [6.07, 6.45) is 8.25. The van der Waals surface area contributed by atoms with Crippen LogP contribution < -0.4 is 9.47 Å². The van der Waals surface area contributed by atoms with Crippen LogP contribution in [0.3, 0.4) is 0 Å². The van der Waals surface area contributed by atoms with Crippen LogP contribution in [0.15, 0.2) is 38.5 Å². The smallest absolute Gasteiger partial charge is 0.335 e. The Morgan fingerprint density at radius 3 is 0.635 bits per heavy atom. The van der Waals surface area contributed by atoms with Crippen LogP contribution in [0, 0.1) is 152 Å². The molecule has 14 heteroatoms. The molecule has 5 rings (SSSR count). The second kappa shape index (κ2) is 39.4. The first-order valence-electron chi connectivity index (χ1n) is 27.4. The first kappa shape index (κ1) is 82.9. The predicted octanol–water partition coefficient (Wildman–Crippen LogP) is 19.7. The topological polar surface area (TPSA) is 168 Å². The van der Waals surface area contributed by atoms with Crippen molar-refractivity contribution in [2.75, 3.05) is 11.8 Å². The summed E-state index contributed by atoms with van der Waals surface area (Å²) in [5.41, 5.74) is 25.6. The second-order valence-electron chi connectivity index (χ2n) is 20.6. The van der Waals surface area contributed by atoms with Crippen molar-refractivity contribution in [3.63, 3.8) is 0 Å². The summed E-state index contributed by atoms with van der Waals surface area (Å²) in [4.78, 5) is 42.6. The van der Waals surface area contributed by atoms with Gasteiger partial charge in [0, 0.05) is 36.8 Å². The molecule has 5 aromatic rings. The van der Waals surface area contributed by atoms with Crippen LogP contribution in [0.2, 0.25) is 0 Å². The number of benzene rings is 5. The van der Waals surface area contributed by atoms with Gasteiger partial charge in [0.1, 0.15) is 34.5 Å². The molecule has 5 aromatic carbocycles. The fraction of sp³-hybridized carbons (Fsp3) is 0.408. The van der Waals surface area contributed by atoms with E-state index < -0.39 is 11.9 Å². The maximum atomic E-state index is 11.4. The van der Waals surface area contributed by atoms with E-state index in [1.165, 1.54) is 66.8 Å². The van der Waals surface area contributed by atoms with Crippen LogP contribution in [-0.2, 0) is 19.2 Å². The van der Waals surface area contributed by atoms with Crippen LogP contribution in [0.5, 0.6) is 34.5 Å². The highest BCUT2D eigenvalue weighted by molar-refractivity contribution is 6.63. The van der Waals surface area contributed by atoms with Crippen LogP contribution in [0.25, 0.3) is 12.2 Å². The molecule has 0 spiro atoms. The molecule has 0 radical (unpaired) electrons. The van der Waals surface area contributed by atoms with Gasteiger partial charge in [-0.1, -0.05) is 45.9 Å². The minimum Gasteiger partial charge on any atom is -0.507 e. The Kier molecular flexibility index (Phi) is 38.4. The zero-order chi connectivity index (χ0) is 66.1. The standard InChI is InChI=1S/C16H18O4.C14H18.C12H18.2C10H14O2.2C4H6Cl2O.CH4/c1-7-13(17)19-15-9(3)11(5)16(12(6)10(15)4)20-14(18)8-2;1-7-13-9(3)11(5)14(8-2)12(6)10(13)4;1-7-8(2)10(4)12(6)11(5)9(7)3;2*1-5-6(2)10(12)8(4)7(3)9(5)11;2*5-3-1-2-4(6)7;/h7-8H,1-2H2,3-6H3;7-8H,1-2H2,3-6H3;1-6H3;2*11-12H,1-4H3;2*1-3H2;1H4. The number of phenols is 4. The van der Waals surface area contributed by atoms with Crippen LogP contribution in [0.4, 0.5) is 0 Å². The van der Waals surface area contributed by atoms with Crippen molar-refractivity contribution in [2.45, 2.75) is 185 Å². The highest BCUT2D eigenvalue weighted by Gasteiger charge is 2.20. The molecular formula is C71H98Cl4O10. The number of esters is 2. The van der Waals surface area contributed by atoms with E-state index in [-0.39, 0.29) is 17.9 Å². The molecule has 0 amide bonds. The summed E-state index contributed by atoms with van der Waals surface area (Å²) in [6, 6.07) is 0. The number of alkyl halides is 2. The maximum absolute atomic E-state index is 11.4. The number of aromatic hydroxyl groups is 4. The van der Waals surface area contributed by atoms with E-state index in [0.717, 1.165) is 78.9 Å². The summed E-state index contributed by atoms with van der Waals surface area (Å²) in [5, 5.41) is 37.7. The number of hydrogen-bond acceptors (Lipinski definition) is 10. The average Bonchev–Trinajstić information content (AvgIpc) is 3.67. The number of halogens is 4. The zero-order valence-electron chi connectivity index (χ0n) is 54.1. The fourth-order valence-electron chi connectivity index (χ4n) is 8.46. The molecule has 0 aliphatic heterocycles. The van der Waals surface area contributed by atoms with Crippen molar-refractivity contribution in [3.8, 4) is 34.5 Å². The third kappa shape index (κ3) is 23.5. The molecule has 470 valence electrons. The molecule has 0 atom stereocenters. The molecule has 0 saturated heterocycles. The molecule has 0 heterocycles. The van der Waals surface area contributed by atoms with Gasteiger partial charge >= 0.3 is 11.9 Å². The molecule has 0 fully saturated rings. The van der Waals surface area contributed by atoms with Crippen molar-refractivity contribution in [2.24, 2.45) is 0 Å². The Morgan fingerprint density at radius 2 is 0.518 bits per heavy atom. The van der Waals surface area contributed by atoms with Crippen LogP contribution in [-0.4, -0.2) is 54.6 Å². The lowest BCUT2D eigenvalue weighted by Gasteiger charge is -2.18. The number of phenolic OH excluding ortho intramolecular Hbond substituents is 4. The highest BCUT2D eigenvalue weighted by atomic mass is 35.5. The van der Waals surface area contributed by atoms with E-state index >= 15 is 0 Å². The lowest BCUT2D eigenvalue weighted by atomic mass is 9.89. The first-order chi connectivity index (χ1) is 38.8. The fourth-order valence-corrected chi connectivity index (χ4v) is 9.00. The molecule has 0 aliphatic carbocycles. The Hall–Kier alpha value is -6.30. The molecule has 0 aliphatic rings. The van der Waals surface area contributed by atoms with Gasteiger partial charge in [0.25, 0.3) is 0 Å². The van der Waals surface area contributed by atoms with Crippen molar-refractivity contribution < 1.29 is 49.1 Å². The van der Waals surface area contributed by atoms with Gasteiger partial charge in [-0.15, -0.1) is 23.2 Å². The minimum atomic E-state index is -0.522. The minimum absolute atomic E-state index is 0. The highest BCUT2D eigenvalue weighted by Crippen LogP contribution is 2.39. The van der Waals surface area contributed by atoms with Crippen molar-refractivity contribution in [1.82, 2.24) is 0 Å². The number of carbonyl (C=O) groups excluding carboxylic acids is 4. The van der Waals surface area contributed by atoms with Gasteiger partial charge in [-0.25, -0.2) is 9.59 Å². The van der Waals surface area contributed by atoms with Crippen molar-refractivity contribution in [1.29, 1.82) is 0 Å². The van der Waals surface area contributed by atoms with Crippen molar-refractivity contribution >= 4 is 81.0 Å². The summed E-state index contributed by atoms with van der Waals surface area (Å²) < 4.78 is 10.5. The van der Waals surface area contributed by atoms with E-state index in [1.807, 2.05) is 12.2 Å². The maximum Gasteiger partial charge on any atom is 0.335 e. The summed E-state index contributed by atoms with van der Waals surface area (Å²) in [6.45, 7) is 58.0. The third-order valence-electron chi connectivity index (χ3n) is 15.9. The van der Waals surface area contributed by atoms with Gasteiger partial charge in [-0.05, 0) is 322 Å². The normalized spacial score (nSPS) is 9.81. The lowest BCUT2D eigenvalue weighted by molar-refractivity contribution is -0.130. The SMILES string of the molecule is C.C=CC(=O)Oc1c(C)c(C)c(OC(=O)C=C)c(C)c1C.C=Cc1c(C)c(C)c(C=C)c(C)c1C.Cc1c(C)c(C)c(C)c(C)c1C.Cc1c(C)c(O)c(C)c(C)c1O.Cc1c(C)c(O)c(C)c(C)c1O.O=C(Cl)CCCCl.O=C(Cl)CCCCl. The average molecular weight is 1250 g/mol. The second-order valence-corrected chi connectivity index (χ2v) is 22.2. The van der Waals surface area contributed by atoms with E-state index in [9.17, 15) is 39.6 Å². The third-order valence-corrected chi connectivity index (χ3v) is 16.8. The van der Waals surface area contributed by atoms with Crippen LogP contribution in [0.1, 0.15) is 167 Å². The van der Waals surface area contributed by atoms with Gasteiger partial charge in [-0.2, -0.15) is 0 Å². The number of ether oxygens (including phenoxy) is 2. The quantitative estimate of drug-likeness (QED) is 0.0236. The van der Waals surface area contributed by atoms with Gasteiger partial charge < -0.3 is 29.9 Å². The van der Waals surface area contributed by atoms with Gasteiger partial charge in [-0.3, -0.25) is 9.59 Å². The Morgan fingerprint density at radius 1 is 0.341 bits per heavy atom. The summed E-state index contributed by atoms with van der Waals surface area (Å²) in [7, 11) is 0. The Labute approximate surface area is 530 Å². The largest absolute Gasteiger partial charge is 0.507 e. The molecular weight excluding hydrogens is 1150 g/mol. The first-order valence-corrected chi connectivity index (χ1v) is 29.3. The Balaban J connectivity index is -0.000000945. The molecule has 0 saturated carbocycles. The molecule has 0 aromatic heterocycles. The number of carbonyl (C=O) groups is 4. The van der Waals surface area contributed by atoms with Gasteiger partial charge in [0.2, 0.25) is 10.5 Å². The molecule has 10 nitrogen and oxygen atoms in total. The Bertz CT molecular complexity index is 2570. The van der Waals surface area contributed by atoms with E-state index in [0.29, 0.717) is 71.9 Å². The monoisotopic (exact) mass is 1250 g/mol. The van der Waals surface area contributed by atoms with E-state index in [2.05, 4.69) is 95.6 Å². The van der Waals surface area contributed by atoms with Gasteiger partial charge in [0.05, 0.1) is 0 Å². The molecule has 0 unspecified atom stereocenters. The summed E-state index contributed by atoms with van der Waals surface area (Å²) >= 11 is 20.4. The number of hydrogen-bond donors (Lipinski definition) is 4. The molecule has 85 heavy (non-hydrogen) atoms. The number of rotatable bonds is 12. The van der Waals surface area contributed by atoms with Gasteiger partial charge in [0.15, 0.2) is 0 Å². The zero-order valence-corrected chi connectivity index (χ0v) is 57.2. The van der Waals surface area contributed by atoms with E-state index in [1.54, 1.807) is 83.1 Å². The lowest BCUT2D eigenvalue weighted by Crippen LogP contribution is -2.11. The van der Waals surface area contributed by atoms with E-state index in [4.69, 9.17) is 55.9 Å².